The van der Waals surface area contributed by atoms with E-state index in [9.17, 15) is 9.90 Å². The summed E-state index contributed by atoms with van der Waals surface area (Å²) in [6.07, 6.45) is 1.25. The van der Waals surface area contributed by atoms with Gasteiger partial charge in [0.2, 0.25) is 5.56 Å². The number of fused-ring (bicyclic) bond motifs is 2. The summed E-state index contributed by atoms with van der Waals surface area (Å²) < 4.78 is 6.00. The molecule has 5 rings (SSSR count). The van der Waals surface area contributed by atoms with E-state index >= 15 is 0 Å². The Morgan fingerprint density at radius 2 is 1.66 bits per heavy atom. The maximum Gasteiger partial charge on any atom is 0.248 e. The monoisotopic (exact) mass is 426 g/mol. The number of benzene rings is 3. The van der Waals surface area contributed by atoms with Crippen molar-refractivity contribution in [1.82, 2.24) is 10.3 Å². The van der Waals surface area contributed by atoms with E-state index in [4.69, 9.17) is 4.74 Å². The van der Waals surface area contributed by atoms with Crippen molar-refractivity contribution >= 4 is 10.9 Å². The molecule has 1 atom stereocenters. The number of ether oxygens (including phenoxy) is 1. The second-order valence-corrected chi connectivity index (χ2v) is 8.34. The Morgan fingerprint density at radius 1 is 0.938 bits per heavy atom. The van der Waals surface area contributed by atoms with Crippen molar-refractivity contribution in [1.29, 1.82) is 0 Å². The van der Waals surface area contributed by atoms with Gasteiger partial charge in [0.05, 0.1) is 11.6 Å². The van der Waals surface area contributed by atoms with Crippen molar-refractivity contribution in [2.75, 3.05) is 6.54 Å². The topological polar surface area (TPSA) is 74.3 Å². The summed E-state index contributed by atoms with van der Waals surface area (Å²) in [4.78, 5) is 14.9. The molecule has 162 valence electrons. The van der Waals surface area contributed by atoms with E-state index in [-0.39, 0.29) is 5.56 Å². The highest BCUT2D eigenvalue weighted by atomic mass is 16.5. The molecule has 0 aliphatic heterocycles. The quantitative estimate of drug-likeness (QED) is 0.419. The standard InChI is InChI=1S/C27H26N2O3/c30-24(16-28-21-14-19-8-4-5-9-20(19)15-21)22-10-12-25(27-23(22)11-13-26(31)29-27)32-17-18-6-2-1-3-7-18/h1-13,21,24,28,30H,14-17H2,(H,29,31)/t24-/m1/s1. The highest BCUT2D eigenvalue weighted by Crippen LogP contribution is 2.30. The molecule has 1 aromatic heterocycles. The maximum absolute atomic E-state index is 12.0. The number of nitrogens with one attached hydrogen (secondary N) is 2. The van der Waals surface area contributed by atoms with E-state index in [1.807, 2.05) is 42.5 Å². The van der Waals surface area contributed by atoms with Crippen LogP contribution in [0.3, 0.4) is 0 Å². The van der Waals surface area contributed by atoms with Crippen LogP contribution in [0.15, 0.2) is 83.7 Å². The number of hydrogen-bond donors (Lipinski definition) is 3. The zero-order valence-electron chi connectivity index (χ0n) is 17.8. The molecule has 5 nitrogen and oxygen atoms in total. The molecule has 4 aromatic rings. The zero-order chi connectivity index (χ0) is 21.9. The van der Waals surface area contributed by atoms with Crippen molar-refractivity contribution in [3.05, 3.63) is 111 Å². The predicted molar refractivity (Wildman–Crippen MR) is 126 cm³/mol. The first-order chi connectivity index (χ1) is 15.7. The number of H-pyrrole nitrogens is 1. The van der Waals surface area contributed by atoms with Gasteiger partial charge in [0, 0.05) is 24.0 Å². The van der Waals surface area contributed by atoms with Gasteiger partial charge in [-0.15, -0.1) is 0 Å². The third-order valence-electron chi connectivity index (χ3n) is 6.14. The number of aliphatic hydroxyl groups is 1. The predicted octanol–water partition coefficient (Wildman–Crippen LogP) is 3.90. The average molecular weight is 427 g/mol. The summed E-state index contributed by atoms with van der Waals surface area (Å²) in [6, 6.07) is 25.7. The Kier molecular flexibility index (Phi) is 5.75. The lowest BCUT2D eigenvalue weighted by molar-refractivity contribution is 0.171. The number of hydrogen-bond acceptors (Lipinski definition) is 4. The summed E-state index contributed by atoms with van der Waals surface area (Å²) >= 11 is 0. The van der Waals surface area contributed by atoms with Crippen molar-refractivity contribution in [2.45, 2.75) is 31.6 Å². The molecule has 0 amide bonds. The molecule has 0 bridgehead atoms. The van der Waals surface area contributed by atoms with Gasteiger partial charge in [0.1, 0.15) is 12.4 Å². The Hall–Kier alpha value is -3.41. The van der Waals surface area contributed by atoms with Crippen LogP contribution in [0.1, 0.15) is 28.4 Å². The molecule has 0 saturated carbocycles. The van der Waals surface area contributed by atoms with Crippen LogP contribution in [-0.2, 0) is 19.4 Å². The molecule has 0 spiro atoms. The lowest BCUT2D eigenvalue weighted by Gasteiger charge is -2.19. The molecule has 0 radical (unpaired) electrons. The lowest BCUT2D eigenvalue weighted by Crippen LogP contribution is -2.33. The number of rotatable bonds is 7. The van der Waals surface area contributed by atoms with Crippen LogP contribution in [0, 0.1) is 0 Å². The van der Waals surface area contributed by atoms with Crippen LogP contribution in [0.4, 0.5) is 0 Å². The normalized spacial score (nSPS) is 14.4. The van der Waals surface area contributed by atoms with E-state index in [1.165, 1.54) is 17.2 Å². The van der Waals surface area contributed by atoms with Crippen LogP contribution in [0.2, 0.25) is 0 Å². The van der Waals surface area contributed by atoms with Gasteiger partial charge in [-0.3, -0.25) is 4.79 Å². The number of aromatic amines is 1. The molecule has 1 aliphatic rings. The first-order valence-electron chi connectivity index (χ1n) is 11.0. The van der Waals surface area contributed by atoms with Crippen LogP contribution < -0.4 is 15.6 Å². The van der Waals surface area contributed by atoms with E-state index in [2.05, 4.69) is 34.6 Å². The zero-order valence-corrected chi connectivity index (χ0v) is 17.8. The van der Waals surface area contributed by atoms with E-state index in [1.54, 1.807) is 6.07 Å². The van der Waals surface area contributed by atoms with Crippen molar-refractivity contribution < 1.29 is 9.84 Å². The fraction of sp³-hybridized carbons (Fsp3) is 0.222. The molecule has 0 unspecified atom stereocenters. The summed E-state index contributed by atoms with van der Waals surface area (Å²) in [5, 5.41) is 15.3. The molecule has 1 heterocycles. The van der Waals surface area contributed by atoms with Crippen molar-refractivity contribution in [3.63, 3.8) is 0 Å². The summed E-state index contributed by atoms with van der Waals surface area (Å²) in [7, 11) is 0. The molecule has 0 saturated heterocycles. The second-order valence-electron chi connectivity index (χ2n) is 8.34. The molecule has 5 heteroatoms. The van der Waals surface area contributed by atoms with Gasteiger partial charge in [-0.1, -0.05) is 60.7 Å². The second kappa shape index (κ2) is 8.99. The van der Waals surface area contributed by atoms with Gasteiger partial charge in [-0.25, -0.2) is 0 Å². The van der Waals surface area contributed by atoms with Crippen molar-refractivity contribution in [3.8, 4) is 5.75 Å². The molecule has 0 fully saturated rings. The average Bonchev–Trinajstić information content (AvgIpc) is 3.24. The van der Waals surface area contributed by atoms with E-state index < -0.39 is 6.10 Å². The fourth-order valence-corrected chi connectivity index (χ4v) is 4.49. The van der Waals surface area contributed by atoms with Gasteiger partial charge < -0.3 is 20.1 Å². The largest absolute Gasteiger partial charge is 0.487 e. The van der Waals surface area contributed by atoms with Crippen LogP contribution in [0.25, 0.3) is 10.9 Å². The van der Waals surface area contributed by atoms with E-state index in [0.717, 1.165) is 29.4 Å². The number of aromatic nitrogens is 1. The third-order valence-corrected chi connectivity index (χ3v) is 6.14. The number of aliphatic hydroxyl groups excluding tert-OH is 1. The highest BCUT2D eigenvalue weighted by Gasteiger charge is 2.22. The van der Waals surface area contributed by atoms with Gasteiger partial charge >= 0.3 is 0 Å². The Morgan fingerprint density at radius 3 is 2.41 bits per heavy atom. The molecule has 3 aromatic carbocycles. The molecule has 32 heavy (non-hydrogen) atoms. The number of pyridine rings is 1. The van der Waals surface area contributed by atoms with Crippen LogP contribution >= 0.6 is 0 Å². The van der Waals surface area contributed by atoms with Gasteiger partial charge in [-0.2, -0.15) is 0 Å². The minimum absolute atomic E-state index is 0.199. The SMILES string of the molecule is O=c1ccc2c([C@H](O)CNC3Cc4ccccc4C3)ccc(OCc3ccccc3)c2[nH]1. The fourth-order valence-electron chi connectivity index (χ4n) is 4.49. The maximum atomic E-state index is 12.0. The molecular formula is C27H26N2O3. The van der Waals surface area contributed by atoms with Crippen LogP contribution in [0.5, 0.6) is 5.75 Å². The summed E-state index contributed by atoms with van der Waals surface area (Å²) in [6.45, 7) is 0.843. The lowest BCUT2D eigenvalue weighted by atomic mass is 10.0. The van der Waals surface area contributed by atoms with Crippen molar-refractivity contribution in [2.24, 2.45) is 0 Å². The first kappa shape index (κ1) is 20.5. The van der Waals surface area contributed by atoms with E-state index in [0.29, 0.717) is 30.5 Å². The van der Waals surface area contributed by atoms with Crippen LogP contribution in [-0.4, -0.2) is 22.7 Å². The Labute approximate surface area is 186 Å². The van der Waals surface area contributed by atoms with Gasteiger partial charge in [0.25, 0.3) is 0 Å². The Bertz CT molecular complexity index is 1260. The molecule has 3 N–H and O–H groups in total. The van der Waals surface area contributed by atoms with Gasteiger partial charge in [0.15, 0.2) is 0 Å². The van der Waals surface area contributed by atoms with Gasteiger partial charge in [-0.05, 0) is 47.2 Å². The third kappa shape index (κ3) is 4.31. The molecular weight excluding hydrogens is 400 g/mol. The summed E-state index contributed by atoms with van der Waals surface area (Å²) in [5.74, 6) is 0.594. The Balaban J connectivity index is 1.33. The minimum Gasteiger partial charge on any atom is -0.487 e. The smallest absolute Gasteiger partial charge is 0.248 e. The first-order valence-corrected chi connectivity index (χ1v) is 11.0. The summed E-state index contributed by atoms with van der Waals surface area (Å²) in [5.41, 5.74) is 4.98. The highest BCUT2D eigenvalue weighted by molar-refractivity contribution is 5.87. The molecule has 1 aliphatic carbocycles. The minimum atomic E-state index is -0.699.